The smallest absolute Gasteiger partial charge is 0.184 e. The van der Waals surface area contributed by atoms with Gasteiger partial charge in [-0.3, -0.25) is 0 Å². The molecule has 0 amide bonds. The summed E-state index contributed by atoms with van der Waals surface area (Å²) in [7, 11) is 1.96. The average Bonchev–Trinajstić information content (AvgIpc) is 3.01. The van der Waals surface area contributed by atoms with E-state index < -0.39 is 12.4 Å². The molecule has 0 bridgehead atoms. The molecule has 5 atom stereocenters. The van der Waals surface area contributed by atoms with Crippen LogP contribution in [-0.4, -0.2) is 46.5 Å². The largest absolute Gasteiger partial charge is 0.508 e. The molecule has 1 fully saturated rings. The van der Waals surface area contributed by atoms with E-state index in [0.29, 0.717) is 25.2 Å². The first-order chi connectivity index (χ1) is 19.9. The van der Waals surface area contributed by atoms with Crippen molar-refractivity contribution < 1.29 is 24.8 Å². The maximum Gasteiger partial charge on any atom is 0.184 e. The molecule has 0 saturated carbocycles. The van der Waals surface area contributed by atoms with Crippen LogP contribution in [0.1, 0.15) is 57.8 Å². The lowest BCUT2D eigenvalue weighted by Gasteiger charge is -2.44. The maximum absolute atomic E-state index is 10.9. The number of phenols is 1. The van der Waals surface area contributed by atoms with Crippen LogP contribution in [0.15, 0.2) is 103 Å². The highest BCUT2D eigenvalue weighted by Crippen LogP contribution is 2.47. The van der Waals surface area contributed by atoms with Gasteiger partial charge in [-0.15, -0.1) is 0 Å². The van der Waals surface area contributed by atoms with Crippen molar-refractivity contribution in [1.29, 1.82) is 0 Å². The fourth-order valence-electron chi connectivity index (χ4n) is 5.49. The van der Waals surface area contributed by atoms with Gasteiger partial charge in [0.2, 0.25) is 0 Å². The van der Waals surface area contributed by atoms with Gasteiger partial charge in [0.05, 0.1) is 24.9 Å². The molecule has 4 aromatic rings. The van der Waals surface area contributed by atoms with Crippen LogP contribution in [0.3, 0.4) is 0 Å². The molecule has 214 valence electrons. The first-order valence-corrected chi connectivity index (χ1v) is 13.9. The number of hydrogen-bond acceptors (Lipinski definition) is 7. The van der Waals surface area contributed by atoms with E-state index in [1.807, 2.05) is 79.8 Å². The number of phenolic OH excluding ortho intramolecular Hbond substituents is 1. The summed E-state index contributed by atoms with van der Waals surface area (Å²) in [5.74, 6) is -0.0178. The van der Waals surface area contributed by atoms with Gasteiger partial charge in [-0.1, -0.05) is 91.0 Å². The highest BCUT2D eigenvalue weighted by molar-refractivity contribution is 5.32. The van der Waals surface area contributed by atoms with Crippen LogP contribution >= 0.6 is 0 Å². The molecule has 0 spiro atoms. The maximum atomic E-state index is 10.9. The van der Waals surface area contributed by atoms with Gasteiger partial charge in [-0.05, 0) is 47.0 Å². The van der Waals surface area contributed by atoms with E-state index in [0.717, 1.165) is 27.8 Å². The summed E-state index contributed by atoms with van der Waals surface area (Å²) < 4.78 is 13.5. The van der Waals surface area contributed by atoms with E-state index >= 15 is 0 Å². The molecule has 1 saturated heterocycles. The minimum atomic E-state index is -0.774. The molecule has 0 aromatic heterocycles. The molecule has 1 aliphatic heterocycles. The summed E-state index contributed by atoms with van der Waals surface area (Å²) >= 11 is 0. The second kappa shape index (κ2) is 13.4. The second-order valence-electron chi connectivity index (χ2n) is 10.7. The number of hydrogen-bond donors (Lipinski definition) is 4. The van der Waals surface area contributed by atoms with Gasteiger partial charge in [0, 0.05) is 31.1 Å². The number of nitrogens with two attached hydrogens (primary N) is 1. The van der Waals surface area contributed by atoms with Crippen molar-refractivity contribution in [2.75, 3.05) is 20.1 Å². The van der Waals surface area contributed by atoms with E-state index in [2.05, 4.69) is 17.0 Å². The van der Waals surface area contributed by atoms with E-state index in [1.54, 1.807) is 18.2 Å². The lowest BCUT2D eigenvalue weighted by molar-refractivity contribution is -0.263. The Bertz CT molecular complexity index is 1380. The summed E-state index contributed by atoms with van der Waals surface area (Å²) in [4.78, 5) is 2.06. The lowest BCUT2D eigenvalue weighted by Crippen LogP contribution is -2.44. The number of likely N-dealkylation sites (N-methyl/N-ethyl adjacent to an activating group) is 1. The molecule has 7 nitrogen and oxygen atoms in total. The summed E-state index contributed by atoms with van der Waals surface area (Å²) in [5, 5.41) is 30.4. The normalized spacial score (nSPS) is 21.6. The summed E-state index contributed by atoms with van der Waals surface area (Å²) in [6.45, 7) is 1.32. The fourth-order valence-corrected chi connectivity index (χ4v) is 5.49. The minimum absolute atomic E-state index is 0.0257. The van der Waals surface area contributed by atoms with Crippen molar-refractivity contribution in [3.05, 3.63) is 137 Å². The molecule has 1 heterocycles. The average molecular weight is 555 g/mol. The van der Waals surface area contributed by atoms with Crippen molar-refractivity contribution in [3.8, 4) is 5.75 Å². The highest BCUT2D eigenvalue weighted by atomic mass is 16.7. The summed E-state index contributed by atoms with van der Waals surface area (Å²) in [6.07, 6.45) is -2.00. The van der Waals surface area contributed by atoms with Crippen LogP contribution in [0, 0.1) is 0 Å². The summed E-state index contributed by atoms with van der Waals surface area (Å²) in [5.41, 5.74) is 11.3. The Hall–Kier alpha value is -3.56. The number of ether oxygens (including phenoxy) is 2. The van der Waals surface area contributed by atoms with Crippen LogP contribution < -0.4 is 5.73 Å². The van der Waals surface area contributed by atoms with Gasteiger partial charge in [-0.25, -0.2) is 0 Å². The number of aliphatic hydroxyl groups is 2. The van der Waals surface area contributed by atoms with Crippen molar-refractivity contribution in [2.45, 2.75) is 43.7 Å². The van der Waals surface area contributed by atoms with E-state index in [-0.39, 0.29) is 30.5 Å². The van der Waals surface area contributed by atoms with E-state index in [9.17, 15) is 15.3 Å². The number of benzene rings is 4. The molecule has 5 rings (SSSR count). The van der Waals surface area contributed by atoms with Crippen molar-refractivity contribution in [1.82, 2.24) is 4.90 Å². The van der Waals surface area contributed by atoms with E-state index in [1.165, 1.54) is 0 Å². The number of nitrogens with zero attached hydrogens (tertiary/aromatic N) is 1. The van der Waals surface area contributed by atoms with Crippen LogP contribution in [0.5, 0.6) is 5.75 Å². The second-order valence-corrected chi connectivity index (χ2v) is 10.7. The quantitative estimate of drug-likeness (QED) is 0.220. The Morgan fingerprint density at radius 1 is 0.805 bits per heavy atom. The standard InChI is InChI=1S/C34H38N2O5/c1-36(20-30(39)28-8-5-9-29(38)18-28)21-31-32(25-6-3-2-4-7-25)33(26-14-12-24(22-37)13-15-26)41-34(40-31)27-16-10-23(19-35)11-17-27/h2-18,30-34,37-39H,19-22,35H2,1H3. The van der Waals surface area contributed by atoms with Crippen LogP contribution in [0.4, 0.5) is 0 Å². The van der Waals surface area contributed by atoms with Crippen LogP contribution in [0.2, 0.25) is 0 Å². The molecule has 41 heavy (non-hydrogen) atoms. The Morgan fingerprint density at radius 2 is 1.49 bits per heavy atom. The zero-order chi connectivity index (χ0) is 28.8. The third-order valence-corrected chi connectivity index (χ3v) is 7.69. The van der Waals surface area contributed by atoms with Gasteiger partial charge in [0.1, 0.15) is 5.75 Å². The molecule has 5 N–H and O–H groups in total. The van der Waals surface area contributed by atoms with Gasteiger partial charge in [0.15, 0.2) is 6.29 Å². The first kappa shape index (κ1) is 29.0. The Labute approximate surface area is 241 Å². The Morgan fingerprint density at radius 3 is 2.15 bits per heavy atom. The van der Waals surface area contributed by atoms with Gasteiger partial charge in [0.25, 0.3) is 0 Å². The number of rotatable bonds is 10. The van der Waals surface area contributed by atoms with Crippen LogP contribution in [-0.2, 0) is 22.6 Å². The topological polar surface area (TPSA) is 108 Å². The lowest BCUT2D eigenvalue weighted by atomic mass is 9.83. The summed E-state index contributed by atoms with van der Waals surface area (Å²) in [6, 6.07) is 32.8. The molecular weight excluding hydrogens is 516 g/mol. The molecule has 5 unspecified atom stereocenters. The molecule has 4 aromatic carbocycles. The first-order valence-electron chi connectivity index (χ1n) is 13.9. The van der Waals surface area contributed by atoms with Crippen LogP contribution in [0.25, 0.3) is 0 Å². The third-order valence-electron chi connectivity index (χ3n) is 7.69. The molecular formula is C34H38N2O5. The van der Waals surface area contributed by atoms with Crippen molar-refractivity contribution in [3.63, 3.8) is 0 Å². The Balaban J connectivity index is 1.48. The predicted molar refractivity (Wildman–Crippen MR) is 158 cm³/mol. The SMILES string of the molecule is CN(CC(O)c1cccc(O)c1)CC1OC(c2ccc(CN)cc2)OC(c2ccc(CO)cc2)C1c1ccccc1. The van der Waals surface area contributed by atoms with E-state index in [4.69, 9.17) is 15.2 Å². The zero-order valence-electron chi connectivity index (χ0n) is 23.2. The molecule has 0 aliphatic carbocycles. The molecule has 7 heteroatoms. The number of aliphatic hydroxyl groups excluding tert-OH is 2. The van der Waals surface area contributed by atoms with Crippen molar-refractivity contribution >= 4 is 0 Å². The van der Waals surface area contributed by atoms with Gasteiger partial charge in [-0.2, -0.15) is 0 Å². The van der Waals surface area contributed by atoms with Gasteiger partial charge >= 0.3 is 0 Å². The Kier molecular flexibility index (Phi) is 9.46. The van der Waals surface area contributed by atoms with Gasteiger partial charge < -0.3 is 35.4 Å². The minimum Gasteiger partial charge on any atom is -0.508 e. The number of aromatic hydroxyl groups is 1. The molecule has 0 radical (unpaired) electrons. The molecule has 1 aliphatic rings. The fraction of sp³-hybridized carbons (Fsp3) is 0.294. The highest BCUT2D eigenvalue weighted by Gasteiger charge is 2.42. The zero-order valence-corrected chi connectivity index (χ0v) is 23.2. The van der Waals surface area contributed by atoms with Crippen molar-refractivity contribution in [2.24, 2.45) is 5.73 Å². The predicted octanol–water partition coefficient (Wildman–Crippen LogP) is 4.95. The third kappa shape index (κ3) is 7.02. The monoisotopic (exact) mass is 554 g/mol.